The third-order valence-electron chi connectivity index (χ3n) is 5.93. The number of aromatic nitrogens is 1. The Morgan fingerprint density at radius 2 is 2.17 bits per heavy atom. The van der Waals surface area contributed by atoms with Gasteiger partial charge in [0.15, 0.2) is 0 Å². The molecule has 0 radical (unpaired) electrons. The number of piperidine rings is 1. The molecule has 0 saturated carbocycles. The summed E-state index contributed by atoms with van der Waals surface area (Å²) in [6, 6.07) is 7.93. The van der Waals surface area contributed by atoms with Crippen LogP contribution in [0.2, 0.25) is 0 Å². The van der Waals surface area contributed by atoms with E-state index < -0.39 is 11.4 Å². The molecule has 5 nitrogen and oxygen atoms in total. The largest absolute Gasteiger partial charge is 0.481 e. The Balaban J connectivity index is 1.99. The Bertz CT molecular complexity index is 838. The fourth-order valence-electron chi connectivity index (χ4n) is 4.86. The van der Waals surface area contributed by atoms with Gasteiger partial charge in [0.2, 0.25) is 5.91 Å². The van der Waals surface area contributed by atoms with Crippen molar-refractivity contribution in [3.63, 3.8) is 0 Å². The van der Waals surface area contributed by atoms with Crippen LogP contribution in [0.5, 0.6) is 0 Å². The van der Waals surface area contributed by atoms with Gasteiger partial charge in [-0.2, -0.15) is 0 Å². The number of fused-ring (bicyclic) bond motifs is 5. The number of rotatable bonds is 2. The maximum Gasteiger partial charge on any atom is 0.304 e. The Kier molecular flexibility index (Phi) is 2.86. The van der Waals surface area contributed by atoms with Gasteiger partial charge in [0.1, 0.15) is 0 Å². The van der Waals surface area contributed by atoms with Crippen molar-refractivity contribution in [1.82, 2.24) is 9.88 Å². The van der Waals surface area contributed by atoms with Crippen LogP contribution in [0.15, 0.2) is 24.3 Å². The molecule has 1 amide bonds. The van der Waals surface area contributed by atoms with Crippen molar-refractivity contribution in [3.05, 3.63) is 35.5 Å². The summed E-state index contributed by atoms with van der Waals surface area (Å²) in [6.45, 7) is 2.11. The van der Waals surface area contributed by atoms with Crippen molar-refractivity contribution in [2.45, 2.75) is 38.1 Å². The molecule has 4 rings (SSSR count). The first-order valence-electron chi connectivity index (χ1n) is 8.04. The molecule has 23 heavy (non-hydrogen) atoms. The van der Waals surface area contributed by atoms with Gasteiger partial charge in [-0.3, -0.25) is 9.59 Å². The van der Waals surface area contributed by atoms with Crippen LogP contribution < -0.4 is 5.32 Å². The Morgan fingerprint density at radius 1 is 1.43 bits per heavy atom. The van der Waals surface area contributed by atoms with Crippen molar-refractivity contribution in [3.8, 4) is 0 Å². The summed E-state index contributed by atoms with van der Waals surface area (Å²) < 4.78 is 2.17. The van der Waals surface area contributed by atoms with E-state index >= 15 is 0 Å². The Hall–Kier alpha value is -2.30. The first-order chi connectivity index (χ1) is 11.0. The van der Waals surface area contributed by atoms with Gasteiger partial charge < -0.3 is 15.0 Å². The number of carboxylic acid groups (broad SMARTS) is 1. The fourth-order valence-corrected chi connectivity index (χ4v) is 4.86. The second-order valence-corrected chi connectivity index (χ2v) is 6.90. The van der Waals surface area contributed by atoms with E-state index in [0.717, 1.165) is 16.5 Å². The zero-order valence-corrected chi connectivity index (χ0v) is 13.3. The van der Waals surface area contributed by atoms with Crippen LogP contribution in [-0.2, 0) is 16.6 Å². The van der Waals surface area contributed by atoms with E-state index in [1.807, 2.05) is 19.2 Å². The van der Waals surface area contributed by atoms with Crippen LogP contribution in [-0.4, -0.2) is 21.6 Å². The summed E-state index contributed by atoms with van der Waals surface area (Å²) in [6.07, 6.45) is 1.11. The monoisotopic (exact) mass is 312 g/mol. The molecule has 1 aromatic carbocycles. The molecule has 5 heteroatoms. The standard InChI is InChI=1S/C18H20N2O3/c1-10-16-15(11-5-3-4-6-12(11)20(16)2)17-18(10,9-14(22)23)8-7-13(21)19-17/h3-6,10,17H,7-9H2,1-2H3,(H,19,21)(H,22,23)/t10-,17+,18-/m0/s1. The highest BCUT2D eigenvalue weighted by molar-refractivity contribution is 5.89. The van der Waals surface area contributed by atoms with Crippen molar-refractivity contribution < 1.29 is 14.7 Å². The Labute approximate surface area is 134 Å². The number of carbonyl (C=O) groups is 2. The average molecular weight is 312 g/mol. The first kappa shape index (κ1) is 14.3. The van der Waals surface area contributed by atoms with Crippen LogP contribution in [0, 0.1) is 5.41 Å². The first-order valence-corrected chi connectivity index (χ1v) is 8.04. The van der Waals surface area contributed by atoms with E-state index in [-0.39, 0.29) is 24.3 Å². The van der Waals surface area contributed by atoms with Crippen LogP contribution >= 0.6 is 0 Å². The molecule has 120 valence electrons. The number of nitrogens with zero attached hydrogens (tertiary/aromatic N) is 1. The molecule has 1 saturated heterocycles. The van der Waals surface area contributed by atoms with Crippen molar-refractivity contribution >= 4 is 22.8 Å². The lowest BCUT2D eigenvalue weighted by molar-refractivity contribution is -0.143. The smallest absolute Gasteiger partial charge is 0.304 e. The molecular weight excluding hydrogens is 292 g/mol. The van der Waals surface area contributed by atoms with E-state index in [0.29, 0.717) is 12.8 Å². The van der Waals surface area contributed by atoms with Crippen molar-refractivity contribution in [2.24, 2.45) is 12.5 Å². The number of hydrogen-bond donors (Lipinski definition) is 2. The highest BCUT2D eigenvalue weighted by Gasteiger charge is 2.56. The number of para-hydroxylation sites is 1. The van der Waals surface area contributed by atoms with Crippen LogP contribution in [0.3, 0.4) is 0 Å². The molecule has 1 fully saturated rings. The van der Waals surface area contributed by atoms with Crippen molar-refractivity contribution in [1.29, 1.82) is 0 Å². The number of benzene rings is 1. The minimum atomic E-state index is -0.796. The lowest BCUT2D eigenvalue weighted by Gasteiger charge is -2.42. The van der Waals surface area contributed by atoms with Crippen molar-refractivity contribution in [2.75, 3.05) is 0 Å². The third kappa shape index (κ3) is 1.73. The molecule has 2 N–H and O–H groups in total. The van der Waals surface area contributed by atoms with Gasteiger partial charge >= 0.3 is 5.97 Å². The van der Waals surface area contributed by atoms with Gasteiger partial charge in [-0.05, 0) is 12.5 Å². The third-order valence-corrected chi connectivity index (χ3v) is 5.93. The number of aryl methyl sites for hydroxylation is 1. The zero-order valence-electron chi connectivity index (χ0n) is 13.3. The summed E-state index contributed by atoms with van der Waals surface area (Å²) in [7, 11) is 2.03. The molecule has 0 unspecified atom stereocenters. The number of carbonyl (C=O) groups excluding carboxylic acids is 1. The second kappa shape index (κ2) is 4.60. The minimum absolute atomic E-state index is 0.0176. The molecule has 1 aromatic heterocycles. The molecular formula is C18H20N2O3. The van der Waals surface area contributed by atoms with Crippen LogP contribution in [0.1, 0.15) is 49.4 Å². The lowest BCUT2D eigenvalue weighted by Crippen LogP contribution is -2.46. The van der Waals surface area contributed by atoms with Gasteiger partial charge in [0.25, 0.3) is 0 Å². The maximum absolute atomic E-state index is 12.0. The molecule has 2 heterocycles. The number of carboxylic acids is 1. The van der Waals surface area contributed by atoms with Gasteiger partial charge in [-0.1, -0.05) is 25.1 Å². The fraction of sp³-hybridized carbons (Fsp3) is 0.444. The number of hydrogen-bond acceptors (Lipinski definition) is 2. The second-order valence-electron chi connectivity index (χ2n) is 6.90. The van der Waals surface area contributed by atoms with Gasteiger partial charge in [-0.25, -0.2) is 0 Å². The quantitative estimate of drug-likeness (QED) is 0.895. The molecule has 1 aliphatic carbocycles. The molecule has 3 atom stereocenters. The predicted octanol–water partition coefficient (Wildman–Crippen LogP) is 2.71. The highest BCUT2D eigenvalue weighted by atomic mass is 16.4. The van der Waals surface area contributed by atoms with E-state index in [1.54, 1.807) is 0 Å². The number of aliphatic carboxylic acids is 1. The maximum atomic E-state index is 12.0. The van der Waals surface area contributed by atoms with E-state index in [9.17, 15) is 14.7 Å². The van der Waals surface area contributed by atoms with Gasteiger partial charge in [-0.15, -0.1) is 0 Å². The van der Waals surface area contributed by atoms with E-state index in [2.05, 4.69) is 28.9 Å². The van der Waals surface area contributed by atoms with Crippen LogP contribution in [0.25, 0.3) is 10.9 Å². The highest BCUT2D eigenvalue weighted by Crippen LogP contribution is 2.61. The zero-order chi connectivity index (χ0) is 16.4. The lowest BCUT2D eigenvalue weighted by atomic mass is 9.67. The van der Waals surface area contributed by atoms with E-state index in [1.165, 1.54) is 5.69 Å². The minimum Gasteiger partial charge on any atom is -0.481 e. The number of nitrogens with one attached hydrogen (secondary N) is 1. The number of amides is 1. The summed E-state index contributed by atoms with van der Waals surface area (Å²) >= 11 is 0. The summed E-state index contributed by atoms with van der Waals surface area (Å²) in [4.78, 5) is 23.6. The van der Waals surface area contributed by atoms with Gasteiger partial charge in [0, 0.05) is 47.0 Å². The Morgan fingerprint density at radius 3 is 2.91 bits per heavy atom. The normalized spacial score (nSPS) is 29.2. The van der Waals surface area contributed by atoms with Crippen LogP contribution in [0.4, 0.5) is 0 Å². The topological polar surface area (TPSA) is 71.3 Å². The average Bonchev–Trinajstić information content (AvgIpc) is 2.93. The SMILES string of the molecule is C[C@H]1c2c(c3ccccc3n2C)[C@H]2NC(=O)CC[C@@]21CC(=O)O. The summed E-state index contributed by atoms with van der Waals surface area (Å²) in [5.74, 6) is -0.685. The molecule has 1 aliphatic heterocycles. The summed E-state index contributed by atoms with van der Waals surface area (Å²) in [5, 5.41) is 13.7. The molecule has 2 aromatic rings. The molecule has 0 spiro atoms. The summed E-state index contributed by atoms with van der Waals surface area (Å²) in [5.41, 5.74) is 2.99. The van der Waals surface area contributed by atoms with Gasteiger partial charge in [0.05, 0.1) is 12.5 Å². The predicted molar refractivity (Wildman–Crippen MR) is 86.1 cm³/mol. The molecule has 2 aliphatic rings. The molecule has 0 bridgehead atoms. The van der Waals surface area contributed by atoms with E-state index in [4.69, 9.17) is 0 Å².